The SMILES string of the molecule is CCSCC(C)NCc1ccc2cccc(OC)c2n1. The Morgan fingerprint density at radius 1 is 1.30 bits per heavy atom. The molecule has 1 N–H and O–H groups in total. The Hall–Kier alpha value is -1.26. The number of fused-ring (bicyclic) bond motifs is 1. The number of rotatable bonds is 7. The molecule has 4 heteroatoms. The van der Waals surface area contributed by atoms with Crippen LogP contribution in [0, 0.1) is 0 Å². The highest BCUT2D eigenvalue weighted by atomic mass is 32.2. The zero-order valence-electron chi connectivity index (χ0n) is 12.3. The van der Waals surface area contributed by atoms with Gasteiger partial charge in [0.25, 0.3) is 0 Å². The molecule has 0 aliphatic heterocycles. The average Bonchev–Trinajstić information content (AvgIpc) is 2.50. The lowest BCUT2D eigenvalue weighted by Crippen LogP contribution is -2.28. The molecule has 0 fully saturated rings. The van der Waals surface area contributed by atoms with Crippen LogP contribution in [0.1, 0.15) is 19.5 Å². The van der Waals surface area contributed by atoms with Crippen molar-refractivity contribution < 1.29 is 4.74 Å². The number of methoxy groups -OCH3 is 1. The number of ether oxygens (including phenoxy) is 1. The molecule has 1 heterocycles. The lowest BCUT2D eigenvalue weighted by atomic mass is 10.2. The number of aromatic nitrogens is 1. The quantitative estimate of drug-likeness (QED) is 0.846. The Kier molecular flexibility index (Phi) is 5.68. The second-order valence-electron chi connectivity index (χ2n) is 4.78. The van der Waals surface area contributed by atoms with E-state index in [9.17, 15) is 0 Å². The smallest absolute Gasteiger partial charge is 0.145 e. The number of nitrogens with zero attached hydrogens (tertiary/aromatic N) is 1. The van der Waals surface area contributed by atoms with Crippen molar-refractivity contribution in [3.8, 4) is 5.75 Å². The van der Waals surface area contributed by atoms with E-state index in [4.69, 9.17) is 9.72 Å². The van der Waals surface area contributed by atoms with E-state index >= 15 is 0 Å². The summed E-state index contributed by atoms with van der Waals surface area (Å²) in [6, 6.07) is 10.7. The van der Waals surface area contributed by atoms with Crippen molar-refractivity contribution in [3.63, 3.8) is 0 Å². The summed E-state index contributed by atoms with van der Waals surface area (Å²) in [7, 11) is 1.69. The number of thioether (sulfide) groups is 1. The molecule has 0 saturated carbocycles. The van der Waals surface area contributed by atoms with Gasteiger partial charge in [-0.2, -0.15) is 11.8 Å². The number of pyridine rings is 1. The van der Waals surface area contributed by atoms with Gasteiger partial charge >= 0.3 is 0 Å². The van der Waals surface area contributed by atoms with Gasteiger partial charge in [-0.1, -0.05) is 25.1 Å². The van der Waals surface area contributed by atoms with Gasteiger partial charge in [0.15, 0.2) is 0 Å². The van der Waals surface area contributed by atoms with Gasteiger partial charge in [-0.3, -0.25) is 0 Å². The Morgan fingerprint density at radius 3 is 2.90 bits per heavy atom. The van der Waals surface area contributed by atoms with Gasteiger partial charge in [0.2, 0.25) is 0 Å². The van der Waals surface area contributed by atoms with Crippen LogP contribution in [0.4, 0.5) is 0 Å². The van der Waals surface area contributed by atoms with Crippen molar-refractivity contribution in [2.24, 2.45) is 0 Å². The van der Waals surface area contributed by atoms with Gasteiger partial charge in [0.05, 0.1) is 12.8 Å². The normalized spacial score (nSPS) is 12.6. The third kappa shape index (κ3) is 3.87. The van der Waals surface area contributed by atoms with Gasteiger partial charge in [-0.05, 0) is 24.8 Å². The van der Waals surface area contributed by atoms with Crippen molar-refractivity contribution in [1.29, 1.82) is 0 Å². The summed E-state index contributed by atoms with van der Waals surface area (Å²) < 4.78 is 5.37. The van der Waals surface area contributed by atoms with Crippen molar-refractivity contribution >= 4 is 22.7 Å². The largest absolute Gasteiger partial charge is 0.494 e. The first-order chi connectivity index (χ1) is 9.74. The standard InChI is InChI=1S/C16H22N2OS/c1-4-20-11-12(2)17-10-14-9-8-13-6-5-7-15(19-3)16(13)18-14/h5-9,12,17H,4,10-11H2,1-3H3. The first kappa shape index (κ1) is 15.1. The van der Waals surface area contributed by atoms with Crippen molar-refractivity contribution in [1.82, 2.24) is 10.3 Å². The minimum atomic E-state index is 0.495. The zero-order valence-corrected chi connectivity index (χ0v) is 13.2. The minimum Gasteiger partial charge on any atom is -0.494 e. The van der Waals surface area contributed by atoms with E-state index in [1.54, 1.807) is 7.11 Å². The predicted molar refractivity (Wildman–Crippen MR) is 87.6 cm³/mol. The van der Waals surface area contributed by atoms with E-state index < -0.39 is 0 Å². The molecule has 0 spiro atoms. The summed E-state index contributed by atoms with van der Waals surface area (Å²) in [5, 5.41) is 4.63. The highest BCUT2D eigenvalue weighted by Crippen LogP contribution is 2.23. The molecule has 0 radical (unpaired) electrons. The highest BCUT2D eigenvalue weighted by Gasteiger charge is 2.05. The van der Waals surface area contributed by atoms with Gasteiger partial charge < -0.3 is 10.1 Å². The molecule has 0 saturated heterocycles. The monoisotopic (exact) mass is 290 g/mol. The lowest BCUT2D eigenvalue weighted by molar-refractivity contribution is 0.418. The van der Waals surface area contributed by atoms with Crippen LogP contribution in [-0.4, -0.2) is 29.6 Å². The summed E-state index contributed by atoms with van der Waals surface area (Å²) in [6.07, 6.45) is 0. The summed E-state index contributed by atoms with van der Waals surface area (Å²) in [6.45, 7) is 5.19. The molecule has 2 rings (SSSR count). The van der Waals surface area contributed by atoms with E-state index in [1.807, 2.05) is 23.9 Å². The Bertz CT molecular complexity index is 559. The summed E-state index contributed by atoms with van der Waals surface area (Å²) in [5.74, 6) is 3.13. The molecule has 0 aliphatic carbocycles. The van der Waals surface area contributed by atoms with Crippen LogP contribution in [0.3, 0.4) is 0 Å². The predicted octanol–water partition coefficient (Wildman–Crippen LogP) is 3.47. The third-order valence-corrected chi connectivity index (χ3v) is 4.31. The van der Waals surface area contributed by atoms with Crippen LogP contribution >= 0.6 is 11.8 Å². The summed E-state index contributed by atoms with van der Waals surface area (Å²) >= 11 is 1.96. The molecule has 2 aromatic rings. The van der Waals surface area contributed by atoms with Gasteiger partial charge in [-0.25, -0.2) is 4.98 Å². The molecule has 1 unspecified atom stereocenters. The molecule has 1 atom stereocenters. The molecule has 1 aromatic heterocycles. The molecule has 108 valence electrons. The van der Waals surface area contributed by atoms with Crippen molar-refractivity contribution in [2.75, 3.05) is 18.6 Å². The number of hydrogen-bond donors (Lipinski definition) is 1. The minimum absolute atomic E-state index is 0.495. The Balaban J connectivity index is 2.07. The third-order valence-electron chi connectivity index (χ3n) is 3.16. The number of nitrogens with one attached hydrogen (secondary N) is 1. The van der Waals surface area contributed by atoms with E-state index in [-0.39, 0.29) is 0 Å². The van der Waals surface area contributed by atoms with Crippen LogP contribution < -0.4 is 10.1 Å². The maximum atomic E-state index is 5.37. The number of hydrogen-bond acceptors (Lipinski definition) is 4. The number of benzene rings is 1. The Morgan fingerprint density at radius 2 is 2.15 bits per heavy atom. The van der Waals surface area contributed by atoms with E-state index in [2.05, 4.69) is 37.4 Å². The topological polar surface area (TPSA) is 34.1 Å². The highest BCUT2D eigenvalue weighted by molar-refractivity contribution is 7.99. The molecule has 20 heavy (non-hydrogen) atoms. The fourth-order valence-electron chi connectivity index (χ4n) is 2.06. The van der Waals surface area contributed by atoms with Crippen LogP contribution in [-0.2, 0) is 6.54 Å². The Labute approximate surface area is 125 Å². The maximum Gasteiger partial charge on any atom is 0.145 e. The zero-order chi connectivity index (χ0) is 14.4. The maximum absolute atomic E-state index is 5.37. The van der Waals surface area contributed by atoms with E-state index in [1.165, 1.54) is 0 Å². The molecule has 3 nitrogen and oxygen atoms in total. The molecule has 0 aliphatic rings. The van der Waals surface area contributed by atoms with Gasteiger partial charge in [0, 0.05) is 23.7 Å². The first-order valence-corrected chi connectivity index (χ1v) is 8.13. The first-order valence-electron chi connectivity index (χ1n) is 6.98. The summed E-state index contributed by atoms with van der Waals surface area (Å²) in [4.78, 5) is 4.70. The molecule has 1 aromatic carbocycles. The van der Waals surface area contributed by atoms with Crippen molar-refractivity contribution in [2.45, 2.75) is 26.4 Å². The van der Waals surface area contributed by atoms with Crippen LogP contribution in [0.2, 0.25) is 0 Å². The van der Waals surface area contributed by atoms with Gasteiger partial charge in [0.1, 0.15) is 11.3 Å². The fraction of sp³-hybridized carbons (Fsp3) is 0.438. The molecular weight excluding hydrogens is 268 g/mol. The van der Waals surface area contributed by atoms with Gasteiger partial charge in [-0.15, -0.1) is 0 Å². The van der Waals surface area contributed by atoms with Crippen LogP contribution in [0.15, 0.2) is 30.3 Å². The average molecular weight is 290 g/mol. The molecule has 0 bridgehead atoms. The van der Waals surface area contributed by atoms with E-state index in [0.717, 1.165) is 40.4 Å². The van der Waals surface area contributed by atoms with Crippen LogP contribution in [0.5, 0.6) is 5.75 Å². The number of para-hydroxylation sites is 1. The second-order valence-corrected chi connectivity index (χ2v) is 6.09. The van der Waals surface area contributed by atoms with E-state index in [0.29, 0.717) is 6.04 Å². The second kappa shape index (κ2) is 7.50. The van der Waals surface area contributed by atoms with Crippen molar-refractivity contribution in [3.05, 3.63) is 36.0 Å². The lowest BCUT2D eigenvalue weighted by Gasteiger charge is -2.13. The summed E-state index contributed by atoms with van der Waals surface area (Å²) in [5.41, 5.74) is 1.99. The fourth-order valence-corrected chi connectivity index (χ4v) is 2.76. The molecule has 0 amide bonds. The van der Waals surface area contributed by atoms with Crippen LogP contribution in [0.25, 0.3) is 10.9 Å². The molecular formula is C16H22N2OS.